The number of ether oxygens (including phenoxy) is 11. The zero-order valence-electron chi connectivity index (χ0n) is 87.7. The van der Waals surface area contributed by atoms with Gasteiger partial charge in [-0.2, -0.15) is 0 Å². The van der Waals surface area contributed by atoms with Gasteiger partial charge in [0, 0.05) is 130 Å². The Morgan fingerprint density at radius 1 is 0.256 bits per heavy atom. The first-order chi connectivity index (χ1) is 57.2. The lowest BCUT2D eigenvalue weighted by atomic mass is 9.95. The van der Waals surface area contributed by atoms with Gasteiger partial charge in [-0.25, -0.2) is 0 Å². The van der Waals surface area contributed by atoms with Gasteiger partial charge in [0.25, 0.3) is 0 Å². The molecule has 4 unspecified atom stereocenters. The summed E-state index contributed by atoms with van der Waals surface area (Å²) in [5.41, 5.74) is -2.32. The maximum Gasteiger partial charge on any atom is 0.239 e. The predicted octanol–water partition coefficient (Wildman–Crippen LogP) is 15.5. The van der Waals surface area contributed by atoms with E-state index in [2.05, 4.69) is 58.0 Å². The second-order valence-electron chi connectivity index (χ2n) is 43.8. The summed E-state index contributed by atoms with van der Waals surface area (Å²) in [6.07, 6.45) is 13.3. The third kappa shape index (κ3) is 103. The number of unbranched alkanes of at least 4 members (excludes halogenated alkanes) is 6. The highest BCUT2D eigenvalue weighted by molar-refractivity contribution is 5.83. The molecule has 0 saturated heterocycles. The minimum atomic E-state index is -0.391. The molecule has 27 heteroatoms. The highest BCUT2D eigenvalue weighted by Crippen LogP contribution is 2.20. The fraction of sp³-hybridized carbons (Fsp3) is 0.949. The molecular weight excluding hydrogens is 1600 g/mol. The number of carbonyl (C=O) groups is 5. The Bertz CT molecular complexity index is 2560. The van der Waals surface area contributed by atoms with E-state index in [0.717, 1.165) is 96.6 Å². The van der Waals surface area contributed by atoms with Crippen molar-refractivity contribution < 1.29 is 96.5 Å². The summed E-state index contributed by atoms with van der Waals surface area (Å²) in [6, 6.07) is -0.775. The third-order valence-corrected chi connectivity index (χ3v) is 17.2. The first-order valence-electron chi connectivity index (χ1n) is 47.4. The number of aliphatic hydroxyl groups excluding tert-OH is 4. The van der Waals surface area contributed by atoms with Gasteiger partial charge in [-0.15, -0.1) is 0 Å². The number of nitrogens with one attached hydrogen (secondary N) is 7. The van der Waals surface area contributed by atoms with Gasteiger partial charge in [-0.05, 0) is 251 Å². The molecule has 0 fully saturated rings. The number of hydrogen-bond acceptors (Lipinski definition) is 22. The average molecular weight is 1800 g/mol. The average Bonchev–Trinajstić information content (AvgIpc) is 0.885. The lowest BCUT2D eigenvalue weighted by molar-refractivity contribution is -0.129. The van der Waals surface area contributed by atoms with Gasteiger partial charge in [0.05, 0.1) is 118 Å². The molecule has 0 aromatic heterocycles. The fourth-order valence-electron chi connectivity index (χ4n) is 10.0. The molecule has 0 bridgehead atoms. The Kier molecular flexibility index (Phi) is 76.5. The normalized spacial score (nSPS) is 14.0. The van der Waals surface area contributed by atoms with Gasteiger partial charge in [0.2, 0.25) is 29.5 Å². The molecule has 0 spiro atoms. The Morgan fingerprint density at radius 2 is 0.520 bits per heavy atom. The highest BCUT2D eigenvalue weighted by Gasteiger charge is 2.29. The van der Waals surface area contributed by atoms with Crippen molar-refractivity contribution in [3.05, 3.63) is 0 Å². The number of amides is 5. The molecule has 11 N–H and O–H groups in total. The van der Waals surface area contributed by atoms with Crippen molar-refractivity contribution in [3.63, 3.8) is 0 Å². The smallest absolute Gasteiger partial charge is 0.239 e. The van der Waals surface area contributed by atoms with E-state index in [1.54, 1.807) is 0 Å². The van der Waals surface area contributed by atoms with Crippen molar-refractivity contribution in [2.45, 2.75) is 408 Å². The molecule has 27 nitrogen and oxygen atoms in total. The van der Waals surface area contributed by atoms with E-state index in [0.29, 0.717) is 119 Å². The van der Waals surface area contributed by atoms with Gasteiger partial charge in [0.1, 0.15) is 12.1 Å². The van der Waals surface area contributed by atoms with E-state index in [9.17, 15) is 44.4 Å². The van der Waals surface area contributed by atoms with Crippen molar-refractivity contribution in [3.8, 4) is 0 Å². The summed E-state index contributed by atoms with van der Waals surface area (Å²) in [4.78, 5) is 59.8. The van der Waals surface area contributed by atoms with Crippen molar-refractivity contribution in [1.82, 2.24) is 37.2 Å². The standard InChI is InChI=1S/C26H54N2O6.C22H46N2O4.C17H35NO5.C16H33NO3.C15H31NO2.C2H6/c1-24(2,3)28-22(20-34-26(7,8)9)23(30)27-13-10-11-14-31-16-17-32-15-12-21(18-29)19-33-25(4,5)6;1-20(2,3)24-18(16-28-22(7,8)9)19(26)23-13-11-10-12-17(14-25)15-27-21(4,5)6;1-14(2)16(20)18-7-6-8-21-9-10-22-12-15(11-19)13-23-17(3,4)5;1-15(2,3)14(19)17-10-8-7-9-13(11-18)12-20-16(4,5)6;1-14(2,3)13(17)16-11-9-7-8-10-12-18-15(4,5)6;1-2/h21-22,28-29H,10-20H2,1-9H3,(H,27,30);17-18,24-25H,10-16H2,1-9H3,(H,23,26);14-15,19H,6-13H2,1-5H3,(H,18,20);13,18H,7-12H2,1-6H3,(H,17,19);7-12H2,1-6H3,(H,16,17);1-2H3/t21?,22-;17?,18-;;;;/m00..../s1. The van der Waals surface area contributed by atoms with Crippen molar-refractivity contribution in [2.24, 2.45) is 40.4 Å². The predicted molar refractivity (Wildman–Crippen MR) is 514 cm³/mol. The van der Waals surface area contributed by atoms with Crippen LogP contribution in [0.4, 0.5) is 0 Å². The molecule has 0 rings (SSSR count). The first kappa shape index (κ1) is 132. The van der Waals surface area contributed by atoms with Crippen LogP contribution >= 0.6 is 0 Å². The zero-order valence-corrected chi connectivity index (χ0v) is 87.7. The monoisotopic (exact) mass is 1800 g/mol. The maximum atomic E-state index is 12.6. The molecule has 6 atom stereocenters. The van der Waals surface area contributed by atoms with Gasteiger partial charge in [-0.1, -0.05) is 94.9 Å². The summed E-state index contributed by atoms with van der Waals surface area (Å²) in [5, 5.41) is 59.0. The van der Waals surface area contributed by atoms with Gasteiger partial charge in [0.15, 0.2) is 0 Å². The molecule has 752 valence electrons. The highest BCUT2D eigenvalue weighted by atomic mass is 16.5. The molecule has 0 aromatic rings. The topological polar surface area (TPSA) is 352 Å². The number of hydrogen-bond donors (Lipinski definition) is 11. The Balaban J connectivity index is -0.000000358. The first-order valence-corrected chi connectivity index (χ1v) is 47.4. The van der Waals surface area contributed by atoms with Crippen LogP contribution in [0.3, 0.4) is 0 Å². The van der Waals surface area contributed by atoms with E-state index in [-0.39, 0.29) is 153 Å². The van der Waals surface area contributed by atoms with E-state index < -0.39 is 6.04 Å². The van der Waals surface area contributed by atoms with Crippen LogP contribution in [-0.2, 0) is 76.1 Å². The summed E-state index contributed by atoms with van der Waals surface area (Å²) in [7, 11) is 0. The zero-order chi connectivity index (χ0) is 98.0. The van der Waals surface area contributed by atoms with Crippen LogP contribution in [0.25, 0.3) is 0 Å². The van der Waals surface area contributed by atoms with Crippen LogP contribution in [0.1, 0.15) is 346 Å². The summed E-state index contributed by atoms with van der Waals surface area (Å²) >= 11 is 0. The third-order valence-electron chi connectivity index (χ3n) is 17.2. The number of aliphatic hydroxyl groups is 4. The Morgan fingerprint density at radius 3 is 0.848 bits per heavy atom. The largest absolute Gasteiger partial charge is 0.396 e. The maximum absolute atomic E-state index is 12.6. The SMILES string of the molecule is CC.CC(C)(C)N[C@@H](COC(C)(C)C)C(=O)NCCCCC(CO)COC(C)(C)C.CC(C)(C)N[C@@H](COC(C)(C)C)C(=O)NCCCCOCCOCCC(CO)COC(C)(C)C.CC(C)(C)OCC(CO)CCCCNC(=O)C(C)(C)C.CC(C)(C)OCCCCCCNC(=O)C(C)(C)C.CC(C)C(=O)NCCCOCCOCC(CO)COC(C)(C)C. The van der Waals surface area contributed by atoms with Crippen molar-refractivity contribution in [1.29, 1.82) is 0 Å². The molecule has 0 heterocycles. The molecule has 125 heavy (non-hydrogen) atoms. The van der Waals surface area contributed by atoms with Crippen molar-refractivity contribution in [2.75, 3.05) is 158 Å². The Hall–Kier alpha value is -3.33. The van der Waals surface area contributed by atoms with Crippen LogP contribution in [-0.4, -0.2) is 271 Å². The second kappa shape index (κ2) is 72.2. The quantitative estimate of drug-likeness (QED) is 0.0252. The van der Waals surface area contributed by atoms with Crippen molar-refractivity contribution >= 4 is 29.5 Å². The summed E-state index contributed by atoms with van der Waals surface area (Å²) in [6.45, 7) is 85.5. The molecule has 5 amide bonds. The minimum absolute atomic E-state index is 0.0135. The molecule has 0 aliphatic heterocycles. The Labute approximate surface area is 766 Å². The van der Waals surface area contributed by atoms with Crippen LogP contribution in [0.2, 0.25) is 0 Å². The van der Waals surface area contributed by atoms with E-state index in [1.807, 2.05) is 235 Å². The lowest BCUT2D eigenvalue weighted by Crippen LogP contribution is -2.54. The van der Waals surface area contributed by atoms with Gasteiger partial charge in [-0.3, -0.25) is 34.6 Å². The summed E-state index contributed by atoms with van der Waals surface area (Å²) < 4.78 is 62.3. The van der Waals surface area contributed by atoms with Gasteiger partial charge >= 0.3 is 0 Å². The molecule has 0 saturated carbocycles. The number of rotatable bonds is 58. The van der Waals surface area contributed by atoms with Crippen LogP contribution in [0.15, 0.2) is 0 Å². The van der Waals surface area contributed by atoms with E-state index in [4.69, 9.17) is 52.1 Å². The van der Waals surface area contributed by atoms with Crippen LogP contribution in [0.5, 0.6) is 0 Å². The second-order valence-corrected chi connectivity index (χ2v) is 43.8. The van der Waals surface area contributed by atoms with Crippen LogP contribution in [0, 0.1) is 40.4 Å². The molecule has 0 radical (unpaired) electrons. The summed E-state index contributed by atoms with van der Waals surface area (Å²) in [5.74, 6) is 0.654. The van der Waals surface area contributed by atoms with E-state index in [1.165, 1.54) is 6.42 Å². The minimum Gasteiger partial charge on any atom is -0.396 e. The number of carbonyl (C=O) groups excluding carboxylic acids is 5. The lowest BCUT2D eigenvalue weighted by Gasteiger charge is -2.30. The molecular formula is C98H205N7O20. The molecule has 0 aliphatic rings. The van der Waals surface area contributed by atoms with Gasteiger partial charge < -0.3 is 99.1 Å². The van der Waals surface area contributed by atoms with E-state index >= 15 is 0 Å². The fourth-order valence-corrected chi connectivity index (χ4v) is 10.0. The molecule has 0 aromatic carbocycles. The molecule has 0 aliphatic carbocycles. The van der Waals surface area contributed by atoms with Crippen LogP contribution < -0.4 is 37.2 Å².